The fourth-order valence-electron chi connectivity index (χ4n) is 1.66. The molecular weight excluding hydrogens is 242 g/mol. The average molecular weight is 247 g/mol. The highest BCUT2D eigenvalue weighted by atomic mass is 15.3. The van der Waals surface area contributed by atoms with Gasteiger partial charge < -0.3 is 0 Å². The smallest absolute Gasteiger partial charge is 0.255 e. The summed E-state index contributed by atoms with van der Waals surface area (Å²) in [4.78, 5) is 8.12. The van der Waals surface area contributed by atoms with Gasteiger partial charge in [0.05, 0.1) is 5.52 Å². The van der Waals surface area contributed by atoms with Crippen molar-refractivity contribution in [2.45, 2.75) is 0 Å². The van der Waals surface area contributed by atoms with Gasteiger partial charge in [-0.25, -0.2) is 9.97 Å². The van der Waals surface area contributed by atoms with E-state index in [4.69, 9.17) is 10.5 Å². The van der Waals surface area contributed by atoms with Gasteiger partial charge in [-0.15, -0.1) is 10.2 Å². The van der Waals surface area contributed by atoms with Crippen LogP contribution in [0.5, 0.6) is 0 Å². The number of hydrogen-bond donors (Lipinski definition) is 0. The molecule has 2 aromatic heterocycles. The summed E-state index contributed by atoms with van der Waals surface area (Å²) in [5.74, 6) is 0.212. The van der Waals surface area contributed by atoms with Crippen LogP contribution in [0.3, 0.4) is 0 Å². The molecule has 0 aliphatic heterocycles. The van der Waals surface area contributed by atoms with Gasteiger partial charge in [-0.2, -0.15) is 10.5 Å². The Morgan fingerprint density at radius 3 is 2.53 bits per heavy atom. The largest absolute Gasteiger partial charge is 0.256 e. The minimum absolute atomic E-state index is 0.0410. The highest BCUT2D eigenvalue weighted by Crippen LogP contribution is 2.12. The lowest BCUT2D eigenvalue weighted by Gasteiger charge is -2.01. The maximum absolute atomic E-state index is 9.06. The number of aromatic nitrogens is 5. The maximum atomic E-state index is 9.06. The van der Waals surface area contributed by atoms with Gasteiger partial charge in [0.25, 0.3) is 5.95 Å². The zero-order valence-electron chi connectivity index (χ0n) is 9.52. The van der Waals surface area contributed by atoms with Crippen molar-refractivity contribution in [2.24, 2.45) is 0 Å². The topological polar surface area (TPSA) is 104 Å². The van der Waals surface area contributed by atoms with E-state index < -0.39 is 0 Å². The molecular formula is C12H5N7. The zero-order valence-corrected chi connectivity index (χ0v) is 9.52. The number of para-hydroxylation sites is 1. The molecule has 2 heterocycles. The summed E-state index contributed by atoms with van der Waals surface area (Å²) >= 11 is 0. The molecule has 3 rings (SSSR count). The van der Waals surface area contributed by atoms with Crippen LogP contribution < -0.4 is 0 Å². The number of nitrogens with zero attached hydrogens (tertiary/aromatic N) is 7. The van der Waals surface area contributed by atoms with Crippen molar-refractivity contribution in [2.75, 3.05) is 0 Å². The number of fused-ring (bicyclic) bond motifs is 1. The summed E-state index contributed by atoms with van der Waals surface area (Å²) < 4.78 is 1.35. The predicted octanol–water partition coefficient (Wildman–Crippen LogP) is 0.954. The van der Waals surface area contributed by atoms with E-state index >= 15 is 0 Å². The van der Waals surface area contributed by atoms with Crippen molar-refractivity contribution in [1.82, 2.24) is 24.7 Å². The monoisotopic (exact) mass is 247 g/mol. The minimum atomic E-state index is 0.0410. The molecule has 0 atom stereocenters. The first-order chi connectivity index (χ1) is 9.33. The summed E-state index contributed by atoms with van der Waals surface area (Å²) in [6, 6.07) is 11.0. The molecule has 0 bridgehead atoms. The maximum Gasteiger partial charge on any atom is 0.256 e. The quantitative estimate of drug-likeness (QED) is 0.634. The lowest BCUT2D eigenvalue weighted by Crippen LogP contribution is -2.04. The van der Waals surface area contributed by atoms with Gasteiger partial charge in [-0.3, -0.25) is 4.57 Å². The van der Waals surface area contributed by atoms with Gasteiger partial charge >= 0.3 is 0 Å². The molecule has 88 valence electrons. The third-order valence-electron chi connectivity index (χ3n) is 2.54. The van der Waals surface area contributed by atoms with Gasteiger partial charge in [0.2, 0.25) is 0 Å². The third-order valence-corrected chi connectivity index (χ3v) is 2.54. The van der Waals surface area contributed by atoms with Crippen molar-refractivity contribution in [3.63, 3.8) is 0 Å². The Bertz CT molecular complexity index is 850. The summed E-state index contributed by atoms with van der Waals surface area (Å²) in [7, 11) is 0. The van der Waals surface area contributed by atoms with Gasteiger partial charge in [-0.1, -0.05) is 12.1 Å². The Balaban J connectivity index is 2.23. The van der Waals surface area contributed by atoms with Crippen LogP contribution in [0.4, 0.5) is 0 Å². The first kappa shape index (κ1) is 10.8. The molecule has 3 aromatic rings. The SMILES string of the molecule is N#Cc1ncn(-c2nnc3ccccc3n2)c1C#N. The van der Waals surface area contributed by atoms with E-state index in [9.17, 15) is 0 Å². The van der Waals surface area contributed by atoms with E-state index in [-0.39, 0.29) is 17.3 Å². The predicted molar refractivity (Wildman–Crippen MR) is 63.9 cm³/mol. The molecule has 0 amide bonds. The average Bonchev–Trinajstić information content (AvgIpc) is 2.89. The summed E-state index contributed by atoms with van der Waals surface area (Å²) in [6.45, 7) is 0. The van der Waals surface area contributed by atoms with Crippen molar-refractivity contribution in [3.05, 3.63) is 42.0 Å². The Labute approximate surface area is 107 Å². The van der Waals surface area contributed by atoms with Crippen LogP contribution in [0, 0.1) is 22.7 Å². The van der Waals surface area contributed by atoms with E-state index in [2.05, 4.69) is 20.2 Å². The number of hydrogen-bond acceptors (Lipinski definition) is 6. The van der Waals surface area contributed by atoms with Gasteiger partial charge in [0.1, 0.15) is 24.0 Å². The first-order valence-electron chi connectivity index (χ1n) is 5.31. The second-order valence-electron chi connectivity index (χ2n) is 3.64. The molecule has 0 spiro atoms. The minimum Gasteiger partial charge on any atom is -0.255 e. The first-order valence-corrected chi connectivity index (χ1v) is 5.31. The van der Waals surface area contributed by atoms with E-state index in [1.807, 2.05) is 24.3 Å². The number of benzene rings is 1. The number of rotatable bonds is 1. The van der Waals surface area contributed by atoms with Gasteiger partial charge in [0.15, 0.2) is 11.4 Å². The Hall–Kier alpha value is -3.32. The Morgan fingerprint density at radius 2 is 1.79 bits per heavy atom. The number of nitriles is 2. The molecule has 0 saturated carbocycles. The molecule has 1 aromatic carbocycles. The molecule has 0 radical (unpaired) electrons. The van der Waals surface area contributed by atoms with Gasteiger partial charge in [-0.05, 0) is 12.1 Å². The standard InChI is InChI=1S/C12H5N7/c13-5-10-11(6-14)19(7-15-10)12-16-8-3-1-2-4-9(8)17-18-12/h1-4,7H. The fourth-order valence-corrected chi connectivity index (χ4v) is 1.66. The lowest BCUT2D eigenvalue weighted by molar-refractivity contribution is 0.871. The van der Waals surface area contributed by atoms with E-state index in [1.54, 1.807) is 12.1 Å². The summed E-state index contributed by atoms with van der Waals surface area (Å²) in [5.41, 5.74) is 1.45. The highest BCUT2D eigenvalue weighted by molar-refractivity contribution is 5.73. The molecule has 0 N–H and O–H groups in total. The highest BCUT2D eigenvalue weighted by Gasteiger charge is 2.14. The summed E-state index contributed by atoms with van der Waals surface area (Å²) in [5, 5.41) is 25.9. The molecule has 0 fully saturated rings. The molecule has 7 heteroatoms. The molecule has 0 aliphatic rings. The van der Waals surface area contributed by atoms with Crippen LogP contribution in [-0.4, -0.2) is 24.7 Å². The fraction of sp³-hybridized carbons (Fsp3) is 0. The van der Waals surface area contributed by atoms with Crippen molar-refractivity contribution in [1.29, 1.82) is 10.5 Å². The van der Waals surface area contributed by atoms with Crippen LogP contribution in [0.15, 0.2) is 30.6 Å². The normalized spacial score (nSPS) is 10.0. The van der Waals surface area contributed by atoms with Crippen LogP contribution >= 0.6 is 0 Å². The molecule has 0 unspecified atom stereocenters. The van der Waals surface area contributed by atoms with E-state index in [0.717, 1.165) is 0 Å². The van der Waals surface area contributed by atoms with Crippen LogP contribution in [0.1, 0.15) is 11.4 Å². The summed E-state index contributed by atoms with van der Waals surface area (Å²) in [6.07, 6.45) is 1.34. The molecule has 0 saturated heterocycles. The second-order valence-corrected chi connectivity index (χ2v) is 3.64. The molecule has 0 aliphatic carbocycles. The second kappa shape index (κ2) is 4.17. The number of imidazole rings is 1. The van der Waals surface area contributed by atoms with E-state index in [1.165, 1.54) is 10.9 Å². The van der Waals surface area contributed by atoms with Gasteiger partial charge in [0, 0.05) is 0 Å². The van der Waals surface area contributed by atoms with E-state index in [0.29, 0.717) is 11.0 Å². The zero-order chi connectivity index (χ0) is 13.2. The third kappa shape index (κ3) is 1.66. The van der Waals surface area contributed by atoms with Crippen LogP contribution in [-0.2, 0) is 0 Å². The Morgan fingerprint density at radius 1 is 1.00 bits per heavy atom. The van der Waals surface area contributed by atoms with Crippen molar-refractivity contribution in [3.8, 4) is 18.1 Å². The molecule has 19 heavy (non-hydrogen) atoms. The lowest BCUT2D eigenvalue weighted by atomic mass is 10.3. The molecule has 7 nitrogen and oxygen atoms in total. The van der Waals surface area contributed by atoms with Crippen molar-refractivity contribution < 1.29 is 0 Å². The van der Waals surface area contributed by atoms with Crippen molar-refractivity contribution >= 4 is 11.0 Å². The van der Waals surface area contributed by atoms with Crippen LogP contribution in [0.25, 0.3) is 17.0 Å². The van der Waals surface area contributed by atoms with Crippen LogP contribution in [0.2, 0.25) is 0 Å². The Kier molecular flexibility index (Phi) is 2.37.